The summed E-state index contributed by atoms with van der Waals surface area (Å²) >= 11 is 0. The molecule has 0 saturated carbocycles. The maximum absolute atomic E-state index is 13.6. The molecule has 0 aliphatic carbocycles. The van der Waals surface area contributed by atoms with E-state index in [2.05, 4.69) is 4.57 Å². The van der Waals surface area contributed by atoms with E-state index in [4.69, 9.17) is 0 Å². The van der Waals surface area contributed by atoms with Gasteiger partial charge in [-0.1, -0.05) is 19.3 Å². The van der Waals surface area contributed by atoms with Gasteiger partial charge in [-0.05, 0) is 106 Å². The van der Waals surface area contributed by atoms with E-state index >= 15 is 0 Å². The van der Waals surface area contributed by atoms with Crippen molar-refractivity contribution in [1.29, 1.82) is 0 Å². The van der Waals surface area contributed by atoms with Crippen LogP contribution in [0.1, 0.15) is 56.9 Å². The quantitative estimate of drug-likeness (QED) is 0.121. The molecular weight excluding hydrogens is 603 g/mol. The second-order valence-electron chi connectivity index (χ2n) is 11.3. The topological polar surface area (TPSA) is 48.6 Å². The lowest BCUT2D eigenvalue weighted by molar-refractivity contribution is -0.396. The number of unbranched alkanes of at least 4 members (excludes halogenated alkanes) is 5. The van der Waals surface area contributed by atoms with Gasteiger partial charge in [-0.3, -0.25) is 0 Å². The van der Waals surface area contributed by atoms with Crippen LogP contribution in [0.4, 0.5) is 39.5 Å². The van der Waals surface area contributed by atoms with Gasteiger partial charge in [-0.15, -0.1) is 0 Å². The molecule has 13 heteroatoms. The van der Waals surface area contributed by atoms with Gasteiger partial charge in [-0.25, -0.2) is 0 Å². The third-order valence-electron chi connectivity index (χ3n) is 7.85. The van der Waals surface area contributed by atoms with Crippen molar-refractivity contribution in [2.45, 2.75) is 88.8 Å². The van der Waals surface area contributed by atoms with Crippen molar-refractivity contribution in [3.8, 4) is 22.8 Å². The van der Waals surface area contributed by atoms with Crippen molar-refractivity contribution < 1.29 is 49.7 Å². The zero-order valence-electron chi connectivity index (χ0n) is 24.5. The molecule has 0 atom stereocenters. The third kappa shape index (κ3) is 7.76. The van der Waals surface area contributed by atoms with Gasteiger partial charge in [0.25, 0.3) is 0 Å². The summed E-state index contributed by atoms with van der Waals surface area (Å²) in [6.07, 6.45) is -5.42. The Labute approximate surface area is 250 Å². The largest absolute Gasteiger partial charge is 0.508 e. The average Bonchev–Trinajstić information content (AvgIpc) is 3.20. The average molecular weight is 641 g/mol. The third-order valence-corrected chi connectivity index (χ3v) is 7.85. The Morgan fingerprint density at radius 2 is 1.23 bits per heavy atom. The Bertz CT molecular complexity index is 1370. The molecular formula is C31H37F9N2O2. The summed E-state index contributed by atoms with van der Waals surface area (Å²) < 4.78 is 119. The first-order chi connectivity index (χ1) is 20.4. The van der Waals surface area contributed by atoms with Gasteiger partial charge in [-0.2, -0.15) is 39.5 Å². The fourth-order valence-corrected chi connectivity index (χ4v) is 5.32. The predicted octanol–water partition coefficient (Wildman–Crippen LogP) is 9.55. The number of fused-ring (bicyclic) bond motifs is 1. The molecule has 0 unspecified atom stereocenters. The Kier molecular flexibility index (Phi) is 11.2. The van der Waals surface area contributed by atoms with Gasteiger partial charge >= 0.3 is 23.9 Å². The highest BCUT2D eigenvalue weighted by Gasteiger charge is 2.81. The Balaban J connectivity index is 1.41. The van der Waals surface area contributed by atoms with Crippen molar-refractivity contribution in [3.63, 3.8) is 0 Å². The predicted molar refractivity (Wildman–Crippen MR) is 151 cm³/mol. The van der Waals surface area contributed by atoms with E-state index in [-0.39, 0.29) is 17.9 Å². The first-order valence-electron chi connectivity index (χ1n) is 14.4. The molecule has 3 rings (SSSR count). The van der Waals surface area contributed by atoms with Crippen molar-refractivity contribution in [2.75, 3.05) is 20.1 Å². The number of aromatic nitrogens is 1. The highest BCUT2D eigenvalue weighted by molar-refractivity contribution is 5.92. The van der Waals surface area contributed by atoms with Gasteiger partial charge in [0.05, 0.1) is 5.69 Å². The first-order valence-corrected chi connectivity index (χ1v) is 14.4. The number of rotatable bonds is 16. The molecule has 1 aromatic heterocycles. The summed E-state index contributed by atoms with van der Waals surface area (Å²) in [6, 6.07) is 12.2. The number of aryl methyl sites for hydroxylation is 2. The molecule has 0 amide bonds. The Morgan fingerprint density at radius 3 is 1.82 bits per heavy atom. The monoisotopic (exact) mass is 640 g/mol. The van der Waals surface area contributed by atoms with Gasteiger partial charge in [0.2, 0.25) is 0 Å². The van der Waals surface area contributed by atoms with Crippen molar-refractivity contribution in [1.82, 2.24) is 9.47 Å². The van der Waals surface area contributed by atoms with Crippen LogP contribution in [0.3, 0.4) is 0 Å². The SMILES string of the molecule is Cc1c(-c2ccc(O)cc2)n(CCCCCCN(C)CCCCCC(F)(F)C(F)(F)C(F)(F)C(F)(F)F)c2ccc(O)cc12. The number of aromatic hydroxyl groups is 2. The number of nitrogens with zero attached hydrogens (tertiary/aromatic N) is 2. The second kappa shape index (κ2) is 13.9. The van der Waals surface area contributed by atoms with E-state index in [1.807, 2.05) is 30.0 Å². The minimum Gasteiger partial charge on any atom is -0.508 e. The van der Waals surface area contributed by atoms with Gasteiger partial charge in [0.1, 0.15) is 11.5 Å². The summed E-state index contributed by atoms with van der Waals surface area (Å²) in [5, 5.41) is 20.7. The molecule has 4 nitrogen and oxygen atoms in total. The molecule has 2 N–H and O–H groups in total. The first kappa shape index (κ1) is 35.4. The van der Waals surface area contributed by atoms with Crippen LogP contribution in [0.2, 0.25) is 0 Å². The fourth-order valence-electron chi connectivity index (χ4n) is 5.32. The van der Waals surface area contributed by atoms with Gasteiger partial charge < -0.3 is 19.7 Å². The lowest BCUT2D eigenvalue weighted by Gasteiger charge is -2.33. The molecule has 0 spiro atoms. The van der Waals surface area contributed by atoms with Gasteiger partial charge in [0, 0.05) is 23.9 Å². The number of benzene rings is 2. The van der Waals surface area contributed by atoms with E-state index in [1.165, 1.54) is 0 Å². The molecule has 3 aromatic rings. The summed E-state index contributed by atoms with van der Waals surface area (Å²) in [7, 11) is 1.79. The minimum atomic E-state index is -6.84. The molecule has 0 bridgehead atoms. The molecule has 0 fully saturated rings. The fraction of sp³-hybridized carbons (Fsp3) is 0.548. The standard InChI is InChI=1S/C31H37F9N2O2/c1-21-25-20-24(44)14-15-26(25)42(27(21)22-10-12-23(43)13-11-22)19-9-4-3-7-17-41(2)18-8-5-6-16-28(32,33)29(34,35)30(36,37)31(38,39)40/h10-15,20,43-44H,3-9,16-19H2,1-2H3. The molecule has 0 aliphatic heterocycles. The van der Waals surface area contributed by atoms with Crippen LogP contribution in [0.25, 0.3) is 22.2 Å². The molecule has 0 aliphatic rings. The summed E-state index contributed by atoms with van der Waals surface area (Å²) in [5.41, 5.74) is 3.94. The number of hydrogen-bond donors (Lipinski definition) is 2. The van der Waals surface area contributed by atoms with E-state index in [1.54, 1.807) is 31.3 Å². The minimum absolute atomic E-state index is 0.0288. The normalized spacial score (nSPS) is 13.4. The summed E-state index contributed by atoms with van der Waals surface area (Å²) in [6.45, 7) is 3.82. The number of phenols is 2. The zero-order valence-corrected chi connectivity index (χ0v) is 24.5. The number of alkyl halides is 9. The van der Waals surface area contributed by atoms with Crippen molar-refractivity contribution in [2.24, 2.45) is 0 Å². The summed E-state index contributed by atoms with van der Waals surface area (Å²) in [4.78, 5) is 1.92. The van der Waals surface area contributed by atoms with Crippen molar-refractivity contribution in [3.05, 3.63) is 48.0 Å². The Morgan fingerprint density at radius 1 is 0.682 bits per heavy atom. The molecule has 2 aromatic carbocycles. The van der Waals surface area contributed by atoms with E-state index < -0.39 is 36.8 Å². The summed E-state index contributed by atoms with van der Waals surface area (Å²) in [5.74, 6) is -18.6. The maximum atomic E-state index is 13.6. The smallest absolute Gasteiger partial charge is 0.460 e. The van der Waals surface area contributed by atoms with E-state index in [9.17, 15) is 49.7 Å². The molecule has 246 valence electrons. The zero-order chi connectivity index (χ0) is 32.9. The molecule has 0 saturated heterocycles. The number of halogens is 9. The molecule has 0 radical (unpaired) electrons. The van der Waals surface area contributed by atoms with Crippen LogP contribution < -0.4 is 0 Å². The van der Waals surface area contributed by atoms with Gasteiger partial charge in [0.15, 0.2) is 0 Å². The van der Waals surface area contributed by atoms with Crippen LogP contribution in [-0.4, -0.2) is 63.8 Å². The maximum Gasteiger partial charge on any atom is 0.460 e. The van der Waals surface area contributed by atoms with E-state index in [0.29, 0.717) is 19.5 Å². The number of hydrogen-bond acceptors (Lipinski definition) is 3. The Hall–Kier alpha value is -3.09. The van der Waals surface area contributed by atoms with Crippen LogP contribution in [0.5, 0.6) is 11.5 Å². The van der Waals surface area contributed by atoms with E-state index in [0.717, 1.165) is 60.0 Å². The molecule has 44 heavy (non-hydrogen) atoms. The second-order valence-corrected chi connectivity index (χ2v) is 11.3. The van der Waals surface area contributed by atoms with Crippen LogP contribution in [-0.2, 0) is 6.54 Å². The highest BCUT2D eigenvalue weighted by atomic mass is 19.4. The van der Waals surface area contributed by atoms with Crippen LogP contribution >= 0.6 is 0 Å². The number of phenolic OH excluding ortho intramolecular Hbond substituents is 2. The lowest BCUT2D eigenvalue weighted by atomic mass is 9.98. The lowest BCUT2D eigenvalue weighted by Crippen LogP contribution is -2.60. The van der Waals surface area contributed by atoms with Crippen LogP contribution in [0, 0.1) is 6.92 Å². The molecule has 1 heterocycles. The highest BCUT2D eigenvalue weighted by Crippen LogP contribution is 2.54. The van der Waals surface area contributed by atoms with Crippen molar-refractivity contribution >= 4 is 10.9 Å². The van der Waals surface area contributed by atoms with Crippen LogP contribution in [0.15, 0.2) is 42.5 Å².